The van der Waals surface area contributed by atoms with E-state index in [9.17, 15) is 4.79 Å². The number of benzene rings is 1. The van der Waals surface area contributed by atoms with Gasteiger partial charge in [-0.1, -0.05) is 32.0 Å². The lowest BCUT2D eigenvalue weighted by Crippen LogP contribution is -2.05. The van der Waals surface area contributed by atoms with Crippen LogP contribution in [0.4, 0.5) is 0 Å². The number of carbonyl (C=O) groups excluding carboxylic acids is 1. The third kappa shape index (κ3) is 2.49. The average Bonchev–Trinajstić information content (AvgIpc) is 2.63. The van der Waals surface area contributed by atoms with Crippen LogP contribution in [0.25, 0.3) is 5.57 Å². The molecular weight excluding hydrogens is 214 g/mol. The molecule has 3 heteroatoms. The molecule has 0 atom stereocenters. The number of hydrogen-bond acceptors (Lipinski definition) is 3. The monoisotopic (exact) mass is 233 g/mol. The van der Waals surface area contributed by atoms with Gasteiger partial charge in [-0.25, -0.2) is 0 Å². The van der Waals surface area contributed by atoms with Gasteiger partial charge in [0.25, 0.3) is 0 Å². The van der Waals surface area contributed by atoms with Gasteiger partial charge in [-0.3, -0.25) is 4.79 Å². The Morgan fingerprint density at radius 1 is 1.18 bits per heavy atom. The summed E-state index contributed by atoms with van der Waals surface area (Å²) in [6, 6.07) is 5.90. The van der Waals surface area contributed by atoms with Crippen LogP contribution in [-0.4, -0.2) is 12.4 Å². The van der Waals surface area contributed by atoms with Crippen molar-refractivity contribution in [3.63, 3.8) is 0 Å². The first-order valence-electron chi connectivity index (χ1n) is 5.83. The minimum atomic E-state index is -0.0371. The maximum Gasteiger partial charge on any atom is 0.206 e. The van der Waals surface area contributed by atoms with Crippen LogP contribution in [0.3, 0.4) is 0 Å². The lowest BCUT2D eigenvalue weighted by atomic mass is 9.94. The summed E-state index contributed by atoms with van der Waals surface area (Å²) in [7, 11) is 0. The van der Waals surface area contributed by atoms with Crippen LogP contribution >= 0.6 is 0 Å². The van der Waals surface area contributed by atoms with Crippen molar-refractivity contribution in [3.05, 3.63) is 40.8 Å². The van der Waals surface area contributed by atoms with Gasteiger partial charge in [0.1, 0.15) is 0 Å². The van der Waals surface area contributed by atoms with Crippen molar-refractivity contribution < 1.29 is 9.53 Å². The van der Waals surface area contributed by atoms with Gasteiger partial charge in [-0.2, -0.15) is 0 Å². The number of nitrogens with two attached hydrogens (primary N) is 1. The smallest absolute Gasteiger partial charge is 0.206 e. The lowest BCUT2D eigenvalue weighted by molar-refractivity contribution is -0.115. The highest BCUT2D eigenvalue weighted by molar-refractivity contribution is 6.24. The second-order valence-electron chi connectivity index (χ2n) is 3.72. The van der Waals surface area contributed by atoms with E-state index in [2.05, 4.69) is 0 Å². The maximum atomic E-state index is 11.6. The molecule has 1 heterocycles. The first kappa shape index (κ1) is 13.3. The van der Waals surface area contributed by atoms with Gasteiger partial charge in [0.15, 0.2) is 12.5 Å². The molecule has 0 fully saturated rings. The van der Waals surface area contributed by atoms with Crippen molar-refractivity contribution in [2.75, 3.05) is 6.61 Å². The quantitative estimate of drug-likeness (QED) is 0.811. The normalized spacial score (nSPS) is 14.2. The molecule has 3 nitrogen and oxygen atoms in total. The minimum absolute atomic E-state index is 0.0371. The van der Waals surface area contributed by atoms with Gasteiger partial charge in [0, 0.05) is 0 Å². The summed E-state index contributed by atoms with van der Waals surface area (Å²) < 4.78 is 5.05. The molecule has 0 aromatic heterocycles. The van der Waals surface area contributed by atoms with Crippen LogP contribution in [0, 0.1) is 13.8 Å². The number of carbonyl (C=O) groups is 1. The second kappa shape index (κ2) is 5.53. The van der Waals surface area contributed by atoms with E-state index < -0.39 is 0 Å². The maximum absolute atomic E-state index is 11.6. The van der Waals surface area contributed by atoms with Crippen molar-refractivity contribution in [3.8, 4) is 0 Å². The molecule has 0 aliphatic carbocycles. The molecule has 2 N–H and O–H groups in total. The van der Waals surface area contributed by atoms with Crippen molar-refractivity contribution in [2.24, 2.45) is 5.73 Å². The highest BCUT2D eigenvalue weighted by Crippen LogP contribution is 2.28. The Balaban J connectivity index is 0.000000686. The molecule has 0 unspecified atom stereocenters. The van der Waals surface area contributed by atoms with E-state index in [1.165, 1.54) is 0 Å². The van der Waals surface area contributed by atoms with Crippen molar-refractivity contribution >= 4 is 11.4 Å². The van der Waals surface area contributed by atoms with Gasteiger partial charge >= 0.3 is 0 Å². The summed E-state index contributed by atoms with van der Waals surface area (Å²) in [5.41, 5.74) is 9.22. The van der Waals surface area contributed by atoms with Crippen molar-refractivity contribution in [2.45, 2.75) is 27.7 Å². The standard InChI is InChI=1S/C12H13NO2.C2H6/c1-7-4-3-5-8(2)10(7)11-9(14)6-15-12(11)13;1-2/h3-5H,6,13H2,1-2H3;1-2H3. The van der Waals surface area contributed by atoms with Crippen LogP contribution in [-0.2, 0) is 9.53 Å². The molecule has 0 radical (unpaired) electrons. The molecular formula is C14H19NO2. The van der Waals surface area contributed by atoms with Crippen LogP contribution in [0.2, 0.25) is 0 Å². The van der Waals surface area contributed by atoms with Crippen molar-refractivity contribution in [1.29, 1.82) is 0 Å². The summed E-state index contributed by atoms with van der Waals surface area (Å²) in [4.78, 5) is 11.6. The van der Waals surface area contributed by atoms with Gasteiger partial charge in [0.05, 0.1) is 5.57 Å². The zero-order valence-electron chi connectivity index (χ0n) is 10.8. The molecule has 0 saturated carbocycles. The molecule has 1 aliphatic heterocycles. The predicted molar refractivity (Wildman–Crippen MR) is 69.3 cm³/mol. The average molecular weight is 233 g/mol. The SMILES string of the molecule is CC.Cc1cccc(C)c1C1=C(N)OCC1=O. The van der Waals surface area contributed by atoms with E-state index >= 15 is 0 Å². The highest BCUT2D eigenvalue weighted by atomic mass is 16.5. The Morgan fingerprint density at radius 3 is 2.12 bits per heavy atom. The predicted octanol–water partition coefficient (Wildman–Crippen LogP) is 2.56. The third-order valence-electron chi connectivity index (χ3n) is 2.62. The molecule has 1 aromatic rings. The fourth-order valence-electron chi connectivity index (χ4n) is 1.90. The molecule has 1 aromatic carbocycles. The zero-order chi connectivity index (χ0) is 13.0. The van der Waals surface area contributed by atoms with Crippen LogP contribution < -0.4 is 5.73 Å². The molecule has 2 rings (SSSR count). The molecule has 0 spiro atoms. The summed E-state index contributed by atoms with van der Waals surface area (Å²) >= 11 is 0. The van der Waals surface area contributed by atoms with Gasteiger partial charge in [0.2, 0.25) is 5.78 Å². The Morgan fingerprint density at radius 2 is 1.71 bits per heavy atom. The van der Waals surface area contributed by atoms with Gasteiger partial charge < -0.3 is 10.5 Å². The van der Waals surface area contributed by atoms with Crippen molar-refractivity contribution in [1.82, 2.24) is 0 Å². The number of Topliss-reactive ketones (excluding diaryl/α,β-unsaturated/α-hetero) is 1. The Bertz CT molecular complexity index is 441. The topological polar surface area (TPSA) is 52.3 Å². The Labute approximate surface area is 102 Å². The fourth-order valence-corrected chi connectivity index (χ4v) is 1.90. The zero-order valence-corrected chi connectivity index (χ0v) is 10.8. The number of ether oxygens (including phenoxy) is 1. The summed E-state index contributed by atoms with van der Waals surface area (Å²) in [5.74, 6) is 0.210. The van der Waals surface area contributed by atoms with Crippen LogP contribution in [0.1, 0.15) is 30.5 Å². The molecule has 17 heavy (non-hydrogen) atoms. The van der Waals surface area contributed by atoms with Gasteiger partial charge in [-0.05, 0) is 30.5 Å². The van der Waals surface area contributed by atoms with E-state index in [0.717, 1.165) is 16.7 Å². The van der Waals surface area contributed by atoms with Crippen LogP contribution in [0.5, 0.6) is 0 Å². The lowest BCUT2D eigenvalue weighted by Gasteiger charge is -2.08. The largest absolute Gasteiger partial charge is 0.470 e. The fraction of sp³-hybridized carbons (Fsp3) is 0.357. The van der Waals surface area contributed by atoms with E-state index in [-0.39, 0.29) is 18.3 Å². The molecule has 1 aliphatic rings. The summed E-state index contributed by atoms with van der Waals surface area (Å²) in [6.07, 6.45) is 0. The second-order valence-corrected chi connectivity index (χ2v) is 3.72. The van der Waals surface area contributed by atoms with Crippen LogP contribution in [0.15, 0.2) is 24.1 Å². The third-order valence-corrected chi connectivity index (χ3v) is 2.62. The number of rotatable bonds is 1. The van der Waals surface area contributed by atoms with E-state index in [1.54, 1.807) is 0 Å². The van der Waals surface area contributed by atoms with Gasteiger partial charge in [-0.15, -0.1) is 0 Å². The summed E-state index contributed by atoms with van der Waals surface area (Å²) in [6.45, 7) is 8.00. The number of ketones is 1. The molecule has 92 valence electrons. The van der Waals surface area contributed by atoms with E-state index in [4.69, 9.17) is 10.5 Å². The Kier molecular flexibility index (Phi) is 4.32. The van der Waals surface area contributed by atoms with E-state index in [1.807, 2.05) is 45.9 Å². The Hall–Kier alpha value is -1.77. The minimum Gasteiger partial charge on any atom is -0.470 e. The molecule has 0 bridgehead atoms. The summed E-state index contributed by atoms with van der Waals surface area (Å²) in [5, 5.41) is 0. The van der Waals surface area contributed by atoms with E-state index in [0.29, 0.717) is 5.57 Å². The first-order valence-corrected chi connectivity index (χ1v) is 5.83. The highest BCUT2D eigenvalue weighted by Gasteiger charge is 2.26. The number of hydrogen-bond donors (Lipinski definition) is 1. The molecule has 0 amide bonds. The number of aryl methyl sites for hydroxylation is 2. The first-order chi connectivity index (χ1) is 8.11. The molecule has 0 saturated heterocycles.